The van der Waals surface area contributed by atoms with E-state index >= 15 is 0 Å². The minimum Gasteiger partial charge on any atom is -0.352 e. The number of carbonyl (C=O) groups is 1. The zero-order chi connectivity index (χ0) is 11.7. The summed E-state index contributed by atoms with van der Waals surface area (Å²) in [6.45, 7) is 0. The van der Waals surface area contributed by atoms with Crippen molar-refractivity contribution in [3.8, 4) is 0 Å². The van der Waals surface area contributed by atoms with Crippen LogP contribution in [0.25, 0.3) is 0 Å². The summed E-state index contributed by atoms with van der Waals surface area (Å²) in [6, 6.07) is 4.12. The number of alkyl halides is 1. The number of carbonyl (C=O) groups excluding carboxylic acids is 1. The molecule has 0 saturated heterocycles. The molecule has 1 aromatic carbocycles. The van der Waals surface area contributed by atoms with Gasteiger partial charge in [0.15, 0.2) is 0 Å². The number of halogens is 3. The molecule has 1 atom stereocenters. The standard InChI is InChI=1S/C11H10Cl2FNO/c12-7-3-6(4-8(14)5-7)10(13)11(16)15-9-1-2-9/h3-5,9-10H,1-2H2,(H,15,16). The molecule has 1 fully saturated rings. The maximum atomic E-state index is 13.1. The molecule has 1 N–H and O–H groups in total. The molecule has 5 heteroatoms. The Labute approximate surface area is 103 Å². The average molecular weight is 262 g/mol. The van der Waals surface area contributed by atoms with Gasteiger partial charge in [0, 0.05) is 11.1 Å². The van der Waals surface area contributed by atoms with E-state index in [0.717, 1.165) is 12.8 Å². The summed E-state index contributed by atoms with van der Waals surface area (Å²) in [7, 11) is 0. The first kappa shape index (κ1) is 11.7. The SMILES string of the molecule is O=C(NC1CC1)C(Cl)c1cc(F)cc(Cl)c1. The average Bonchev–Trinajstić information content (AvgIpc) is 2.99. The predicted molar refractivity (Wildman–Crippen MR) is 61.2 cm³/mol. The molecule has 2 rings (SSSR count). The third kappa shape index (κ3) is 2.86. The van der Waals surface area contributed by atoms with Gasteiger partial charge >= 0.3 is 0 Å². The Morgan fingerprint density at radius 3 is 2.69 bits per heavy atom. The van der Waals surface area contributed by atoms with E-state index in [9.17, 15) is 9.18 Å². The van der Waals surface area contributed by atoms with Crippen molar-refractivity contribution in [2.75, 3.05) is 0 Å². The molecule has 1 amide bonds. The van der Waals surface area contributed by atoms with Crippen LogP contribution in [0.3, 0.4) is 0 Å². The van der Waals surface area contributed by atoms with Crippen molar-refractivity contribution in [3.63, 3.8) is 0 Å². The summed E-state index contributed by atoms with van der Waals surface area (Å²) in [6.07, 6.45) is 1.97. The first-order valence-corrected chi connectivity index (χ1v) is 5.78. The van der Waals surface area contributed by atoms with Crippen LogP contribution in [0.1, 0.15) is 23.8 Å². The first-order chi connectivity index (χ1) is 7.56. The fraction of sp³-hybridized carbons (Fsp3) is 0.364. The van der Waals surface area contributed by atoms with Crippen LogP contribution in [0, 0.1) is 5.82 Å². The topological polar surface area (TPSA) is 29.1 Å². The van der Waals surface area contributed by atoms with Crippen molar-refractivity contribution in [2.45, 2.75) is 24.3 Å². The molecule has 0 bridgehead atoms. The molecule has 86 valence electrons. The Kier molecular flexibility index (Phi) is 3.36. The van der Waals surface area contributed by atoms with Crippen LogP contribution >= 0.6 is 23.2 Å². The molecule has 1 saturated carbocycles. The van der Waals surface area contributed by atoms with E-state index in [-0.39, 0.29) is 17.0 Å². The number of nitrogens with one attached hydrogen (secondary N) is 1. The van der Waals surface area contributed by atoms with E-state index in [0.29, 0.717) is 5.56 Å². The van der Waals surface area contributed by atoms with Crippen molar-refractivity contribution in [2.24, 2.45) is 0 Å². The van der Waals surface area contributed by atoms with Gasteiger partial charge in [-0.25, -0.2) is 4.39 Å². The zero-order valence-corrected chi connectivity index (χ0v) is 9.85. The Hall–Kier alpha value is -0.800. The van der Waals surface area contributed by atoms with Gasteiger partial charge in [-0.05, 0) is 36.6 Å². The summed E-state index contributed by atoms with van der Waals surface area (Å²) >= 11 is 11.6. The van der Waals surface area contributed by atoms with Gasteiger partial charge < -0.3 is 5.32 Å². The molecule has 16 heavy (non-hydrogen) atoms. The van der Waals surface area contributed by atoms with Gasteiger partial charge in [-0.15, -0.1) is 11.6 Å². The quantitative estimate of drug-likeness (QED) is 0.833. The molecule has 1 aromatic rings. The van der Waals surface area contributed by atoms with Gasteiger partial charge in [0.2, 0.25) is 5.91 Å². The predicted octanol–water partition coefficient (Wildman–Crippen LogP) is 3.04. The highest BCUT2D eigenvalue weighted by Gasteiger charge is 2.27. The molecule has 2 nitrogen and oxygen atoms in total. The van der Waals surface area contributed by atoms with Crippen LogP contribution in [-0.4, -0.2) is 11.9 Å². The highest BCUT2D eigenvalue weighted by atomic mass is 35.5. The highest BCUT2D eigenvalue weighted by Crippen LogP contribution is 2.27. The second-order valence-electron chi connectivity index (χ2n) is 3.85. The van der Waals surface area contributed by atoms with E-state index in [1.54, 1.807) is 0 Å². The number of amides is 1. The molecule has 1 aliphatic rings. The van der Waals surface area contributed by atoms with Gasteiger partial charge in [0.05, 0.1) is 0 Å². The second kappa shape index (κ2) is 4.60. The van der Waals surface area contributed by atoms with Gasteiger partial charge in [-0.1, -0.05) is 11.6 Å². The molecule has 0 radical (unpaired) electrons. The van der Waals surface area contributed by atoms with Crippen molar-refractivity contribution in [3.05, 3.63) is 34.6 Å². The molecular formula is C11H10Cl2FNO. The Morgan fingerprint density at radius 2 is 2.12 bits per heavy atom. The fourth-order valence-corrected chi connectivity index (χ4v) is 1.79. The van der Waals surface area contributed by atoms with Gasteiger partial charge in [-0.3, -0.25) is 4.79 Å². The summed E-state index contributed by atoms with van der Waals surface area (Å²) in [5.41, 5.74) is 0.379. The van der Waals surface area contributed by atoms with E-state index in [4.69, 9.17) is 23.2 Å². The normalized spacial score (nSPS) is 16.9. The summed E-state index contributed by atoms with van der Waals surface area (Å²) in [4.78, 5) is 11.6. The van der Waals surface area contributed by atoms with Crippen molar-refractivity contribution in [1.29, 1.82) is 0 Å². The molecule has 0 aliphatic heterocycles. The largest absolute Gasteiger partial charge is 0.352 e. The highest BCUT2D eigenvalue weighted by molar-refractivity contribution is 6.32. The van der Waals surface area contributed by atoms with Gasteiger partial charge in [0.25, 0.3) is 0 Å². The lowest BCUT2D eigenvalue weighted by atomic mass is 10.1. The van der Waals surface area contributed by atoms with Crippen LogP contribution in [0.4, 0.5) is 4.39 Å². The van der Waals surface area contributed by atoms with Crippen LogP contribution in [0.5, 0.6) is 0 Å². The molecule has 1 aliphatic carbocycles. The van der Waals surface area contributed by atoms with Crippen LogP contribution in [-0.2, 0) is 4.79 Å². The van der Waals surface area contributed by atoms with Crippen molar-refractivity contribution >= 4 is 29.1 Å². The van der Waals surface area contributed by atoms with Crippen molar-refractivity contribution < 1.29 is 9.18 Å². The summed E-state index contributed by atoms with van der Waals surface area (Å²) in [5.74, 6) is -0.793. The Morgan fingerprint density at radius 1 is 1.44 bits per heavy atom. The minimum atomic E-state index is -0.895. The van der Waals surface area contributed by atoms with E-state index < -0.39 is 11.2 Å². The lowest BCUT2D eigenvalue weighted by molar-refractivity contribution is -0.121. The second-order valence-corrected chi connectivity index (χ2v) is 4.72. The molecule has 0 spiro atoms. The number of benzene rings is 1. The molecule has 0 aromatic heterocycles. The Bertz CT molecular complexity index is 400. The van der Waals surface area contributed by atoms with Crippen molar-refractivity contribution in [1.82, 2.24) is 5.32 Å². The fourth-order valence-electron chi connectivity index (χ4n) is 1.37. The van der Waals surface area contributed by atoms with E-state index in [1.807, 2.05) is 0 Å². The lowest BCUT2D eigenvalue weighted by Gasteiger charge is -2.10. The number of hydrogen-bond acceptors (Lipinski definition) is 1. The first-order valence-electron chi connectivity index (χ1n) is 4.96. The third-order valence-electron chi connectivity index (χ3n) is 2.33. The van der Waals surface area contributed by atoms with Crippen LogP contribution in [0.15, 0.2) is 18.2 Å². The van der Waals surface area contributed by atoms with Gasteiger partial charge in [0.1, 0.15) is 11.2 Å². The third-order valence-corrected chi connectivity index (χ3v) is 3.00. The maximum absolute atomic E-state index is 13.1. The molecular weight excluding hydrogens is 252 g/mol. The Balaban J connectivity index is 2.11. The minimum absolute atomic E-state index is 0.234. The van der Waals surface area contributed by atoms with E-state index in [2.05, 4.69) is 5.32 Å². The summed E-state index contributed by atoms with van der Waals surface area (Å²) in [5, 5.41) is 2.10. The number of rotatable bonds is 3. The lowest BCUT2D eigenvalue weighted by Crippen LogP contribution is -2.28. The zero-order valence-electron chi connectivity index (χ0n) is 8.34. The number of hydrogen-bond donors (Lipinski definition) is 1. The summed E-state index contributed by atoms with van der Waals surface area (Å²) < 4.78 is 13.1. The van der Waals surface area contributed by atoms with Crippen LogP contribution < -0.4 is 5.32 Å². The van der Waals surface area contributed by atoms with Gasteiger partial charge in [-0.2, -0.15) is 0 Å². The van der Waals surface area contributed by atoms with E-state index in [1.165, 1.54) is 18.2 Å². The smallest absolute Gasteiger partial charge is 0.242 e. The molecule has 1 unspecified atom stereocenters. The molecule has 0 heterocycles. The maximum Gasteiger partial charge on any atom is 0.242 e. The monoisotopic (exact) mass is 261 g/mol. The van der Waals surface area contributed by atoms with Crippen LogP contribution in [0.2, 0.25) is 5.02 Å².